The molecule has 1 N–H and O–H groups in total. The maximum atomic E-state index is 12.6. The van der Waals surface area contributed by atoms with E-state index < -0.39 is 6.10 Å². The van der Waals surface area contributed by atoms with Gasteiger partial charge in [-0.25, -0.2) is 0 Å². The Kier molecular flexibility index (Phi) is 6.31. The molecule has 0 bridgehead atoms. The lowest BCUT2D eigenvalue weighted by Gasteiger charge is -2.18. The summed E-state index contributed by atoms with van der Waals surface area (Å²) >= 11 is 0. The number of hydrogen-bond acceptors (Lipinski definition) is 3. The number of amides is 1. The molecule has 0 radical (unpaired) electrons. The third-order valence-corrected chi connectivity index (χ3v) is 4.36. The zero-order valence-corrected chi connectivity index (χ0v) is 15.8. The second-order valence-corrected chi connectivity index (χ2v) is 6.29. The van der Waals surface area contributed by atoms with E-state index in [2.05, 4.69) is 5.32 Å². The van der Waals surface area contributed by atoms with E-state index in [1.54, 1.807) is 0 Å². The van der Waals surface area contributed by atoms with Gasteiger partial charge in [-0.2, -0.15) is 0 Å². The van der Waals surface area contributed by atoms with E-state index in [-0.39, 0.29) is 5.91 Å². The van der Waals surface area contributed by atoms with Crippen LogP contribution in [0.1, 0.15) is 25.8 Å². The average Bonchev–Trinajstić information content (AvgIpc) is 2.71. The highest BCUT2D eigenvalue weighted by atomic mass is 16.5. The molecule has 0 aliphatic rings. The molecule has 0 heterocycles. The molecule has 0 saturated heterocycles. The van der Waals surface area contributed by atoms with Crippen molar-refractivity contribution in [2.24, 2.45) is 0 Å². The Labute approximate surface area is 160 Å². The smallest absolute Gasteiger partial charge is 0.261 e. The van der Waals surface area contributed by atoms with Crippen molar-refractivity contribution in [3.63, 3.8) is 0 Å². The summed E-state index contributed by atoms with van der Waals surface area (Å²) in [5.41, 5.74) is 0.995. The van der Waals surface area contributed by atoms with Crippen LogP contribution in [0, 0.1) is 0 Å². The molecule has 0 saturated carbocycles. The standard InChI is InChI=1S/C23H25NO3/c1-3-21(27-22-14-8-11-18-10-5-6-13-20(18)22)23(25)24-16-17-9-7-12-19(15-17)26-4-2/h5-15,21H,3-4,16H2,1-2H3,(H,24,25). The SMILES string of the molecule is CCOc1cccc(CNC(=O)C(CC)Oc2cccc3ccccc23)c1. The highest BCUT2D eigenvalue weighted by Crippen LogP contribution is 2.26. The summed E-state index contributed by atoms with van der Waals surface area (Å²) in [5.74, 6) is 1.42. The second-order valence-electron chi connectivity index (χ2n) is 6.29. The minimum Gasteiger partial charge on any atom is -0.494 e. The van der Waals surface area contributed by atoms with E-state index in [0.717, 1.165) is 27.8 Å². The van der Waals surface area contributed by atoms with Crippen molar-refractivity contribution in [2.75, 3.05) is 6.61 Å². The molecule has 3 aromatic carbocycles. The Bertz CT molecular complexity index is 902. The van der Waals surface area contributed by atoms with E-state index in [4.69, 9.17) is 9.47 Å². The second kappa shape index (κ2) is 9.08. The Morgan fingerprint density at radius 2 is 1.78 bits per heavy atom. The van der Waals surface area contributed by atoms with Crippen LogP contribution in [-0.4, -0.2) is 18.6 Å². The van der Waals surface area contributed by atoms with Crippen LogP contribution in [0.4, 0.5) is 0 Å². The molecule has 3 aromatic rings. The van der Waals surface area contributed by atoms with Gasteiger partial charge < -0.3 is 14.8 Å². The molecule has 4 heteroatoms. The van der Waals surface area contributed by atoms with Gasteiger partial charge in [0.25, 0.3) is 5.91 Å². The van der Waals surface area contributed by atoms with Gasteiger partial charge in [0.2, 0.25) is 0 Å². The molecule has 0 aliphatic heterocycles. The van der Waals surface area contributed by atoms with E-state index >= 15 is 0 Å². The van der Waals surface area contributed by atoms with Crippen LogP contribution in [0.15, 0.2) is 66.7 Å². The highest BCUT2D eigenvalue weighted by molar-refractivity contribution is 5.89. The Morgan fingerprint density at radius 1 is 1.00 bits per heavy atom. The van der Waals surface area contributed by atoms with Crippen LogP contribution in [0.3, 0.4) is 0 Å². The third kappa shape index (κ3) is 4.79. The van der Waals surface area contributed by atoms with Crippen LogP contribution in [0.25, 0.3) is 10.8 Å². The van der Waals surface area contributed by atoms with Crippen LogP contribution in [-0.2, 0) is 11.3 Å². The van der Waals surface area contributed by atoms with Gasteiger partial charge in [0.1, 0.15) is 11.5 Å². The van der Waals surface area contributed by atoms with Gasteiger partial charge in [0.05, 0.1) is 6.61 Å². The first-order chi connectivity index (χ1) is 13.2. The number of benzene rings is 3. The van der Waals surface area contributed by atoms with Crippen LogP contribution in [0.5, 0.6) is 11.5 Å². The number of carbonyl (C=O) groups is 1. The van der Waals surface area contributed by atoms with Crippen LogP contribution in [0.2, 0.25) is 0 Å². The largest absolute Gasteiger partial charge is 0.494 e. The van der Waals surface area contributed by atoms with Crippen LogP contribution >= 0.6 is 0 Å². The molecule has 3 rings (SSSR count). The van der Waals surface area contributed by atoms with E-state index in [1.807, 2.05) is 80.6 Å². The van der Waals surface area contributed by atoms with Gasteiger partial charge in [0, 0.05) is 11.9 Å². The molecular weight excluding hydrogens is 338 g/mol. The van der Waals surface area contributed by atoms with Crippen molar-refractivity contribution >= 4 is 16.7 Å². The fourth-order valence-electron chi connectivity index (χ4n) is 2.99. The summed E-state index contributed by atoms with van der Waals surface area (Å²) in [5, 5.41) is 5.07. The maximum Gasteiger partial charge on any atom is 0.261 e. The lowest BCUT2D eigenvalue weighted by atomic mass is 10.1. The van der Waals surface area contributed by atoms with Crippen molar-refractivity contribution in [3.05, 3.63) is 72.3 Å². The number of nitrogens with one attached hydrogen (secondary N) is 1. The van der Waals surface area contributed by atoms with Gasteiger partial charge >= 0.3 is 0 Å². The van der Waals surface area contributed by atoms with Gasteiger partial charge in [-0.05, 0) is 42.5 Å². The fourth-order valence-corrected chi connectivity index (χ4v) is 2.99. The summed E-state index contributed by atoms with van der Waals surface area (Å²) < 4.78 is 11.6. The molecule has 0 aliphatic carbocycles. The number of carbonyl (C=O) groups excluding carboxylic acids is 1. The maximum absolute atomic E-state index is 12.6. The molecular formula is C23H25NO3. The summed E-state index contributed by atoms with van der Waals surface area (Å²) in [4.78, 5) is 12.6. The lowest BCUT2D eigenvalue weighted by Crippen LogP contribution is -2.37. The molecule has 0 aromatic heterocycles. The molecule has 1 amide bonds. The number of hydrogen-bond donors (Lipinski definition) is 1. The predicted molar refractivity (Wildman–Crippen MR) is 108 cm³/mol. The quantitative estimate of drug-likeness (QED) is 0.630. The zero-order valence-electron chi connectivity index (χ0n) is 15.8. The van der Waals surface area contributed by atoms with E-state index in [0.29, 0.717) is 19.6 Å². The highest BCUT2D eigenvalue weighted by Gasteiger charge is 2.19. The Morgan fingerprint density at radius 3 is 2.59 bits per heavy atom. The number of fused-ring (bicyclic) bond motifs is 1. The molecule has 0 spiro atoms. The summed E-state index contributed by atoms with van der Waals surface area (Å²) in [6.45, 7) is 4.96. The Hall–Kier alpha value is -3.01. The first kappa shape index (κ1) is 18.8. The van der Waals surface area contributed by atoms with Crippen molar-refractivity contribution in [3.8, 4) is 11.5 Å². The van der Waals surface area contributed by atoms with Crippen LogP contribution < -0.4 is 14.8 Å². The number of ether oxygens (including phenoxy) is 2. The van der Waals surface area contributed by atoms with Gasteiger partial charge in [-0.15, -0.1) is 0 Å². The summed E-state index contributed by atoms with van der Waals surface area (Å²) in [6.07, 6.45) is 0.0551. The van der Waals surface area contributed by atoms with Gasteiger partial charge in [-0.3, -0.25) is 4.79 Å². The zero-order chi connectivity index (χ0) is 19.1. The minimum atomic E-state index is -0.536. The van der Waals surface area contributed by atoms with Crippen molar-refractivity contribution in [1.82, 2.24) is 5.32 Å². The number of rotatable bonds is 8. The molecule has 1 unspecified atom stereocenters. The molecule has 0 fully saturated rings. The fraction of sp³-hybridized carbons (Fsp3) is 0.261. The molecule has 4 nitrogen and oxygen atoms in total. The normalized spacial score (nSPS) is 11.8. The van der Waals surface area contributed by atoms with Crippen molar-refractivity contribution in [1.29, 1.82) is 0 Å². The molecule has 140 valence electrons. The van der Waals surface area contributed by atoms with E-state index in [1.165, 1.54) is 0 Å². The monoisotopic (exact) mass is 363 g/mol. The van der Waals surface area contributed by atoms with E-state index in [9.17, 15) is 4.79 Å². The average molecular weight is 363 g/mol. The topological polar surface area (TPSA) is 47.6 Å². The van der Waals surface area contributed by atoms with Crippen molar-refractivity contribution < 1.29 is 14.3 Å². The first-order valence-electron chi connectivity index (χ1n) is 9.35. The van der Waals surface area contributed by atoms with Gasteiger partial charge in [0.15, 0.2) is 6.10 Å². The van der Waals surface area contributed by atoms with Crippen molar-refractivity contribution in [2.45, 2.75) is 32.9 Å². The summed E-state index contributed by atoms with van der Waals surface area (Å²) in [7, 11) is 0. The Balaban J connectivity index is 1.66. The summed E-state index contributed by atoms with van der Waals surface area (Å²) in [6, 6.07) is 21.6. The molecule has 1 atom stereocenters. The lowest BCUT2D eigenvalue weighted by molar-refractivity contribution is -0.128. The first-order valence-corrected chi connectivity index (χ1v) is 9.35. The predicted octanol–water partition coefficient (Wildman–Crippen LogP) is 4.71. The minimum absolute atomic E-state index is 0.118. The third-order valence-electron chi connectivity index (χ3n) is 4.36. The van der Waals surface area contributed by atoms with Gasteiger partial charge in [-0.1, -0.05) is 55.5 Å². The molecule has 27 heavy (non-hydrogen) atoms.